The van der Waals surface area contributed by atoms with E-state index in [1.54, 1.807) is 6.07 Å². The molecule has 2 aromatic rings. The summed E-state index contributed by atoms with van der Waals surface area (Å²) in [5.74, 6) is 0.181. The van der Waals surface area contributed by atoms with Crippen molar-refractivity contribution >= 4 is 11.8 Å². The largest absolute Gasteiger partial charge is 0.514 e. The summed E-state index contributed by atoms with van der Waals surface area (Å²) >= 11 is 0. The minimum absolute atomic E-state index is 0.0194. The summed E-state index contributed by atoms with van der Waals surface area (Å²) in [5.41, 5.74) is 0.574. The van der Waals surface area contributed by atoms with E-state index < -0.39 is 11.1 Å². The first-order valence-electron chi connectivity index (χ1n) is 7.25. The molecule has 1 fully saturated rings. The molecule has 0 unspecified atom stereocenters. The topological polar surface area (TPSA) is 96.5 Å². The van der Waals surface area contributed by atoms with Gasteiger partial charge in [0.1, 0.15) is 18.1 Å². The number of carbonyl (C=O) groups excluding carboxylic acids is 1. The van der Waals surface area contributed by atoms with Crippen LogP contribution >= 0.6 is 0 Å². The van der Waals surface area contributed by atoms with Crippen LogP contribution in [0, 0.1) is 10.1 Å². The van der Waals surface area contributed by atoms with E-state index in [1.807, 2.05) is 10.9 Å². The van der Waals surface area contributed by atoms with E-state index in [9.17, 15) is 14.9 Å². The number of rotatable bonds is 5. The van der Waals surface area contributed by atoms with E-state index in [-0.39, 0.29) is 18.0 Å². The summed E-state index contributed by atoms with van der Waals surface area (Å²) in [5, 5.41) is 14.9. The van der Waals surface area contributed by atoms with Crippen molar-refractivity contribution < 1.29 is 19.2 Å². The van der Waals surface area contributed by atoms with Crippen molar-refractivity contribution in [3.05, 3.63) is 52.3 Å². The lowest BCUT2D eigenvalue weighted by atomic mass is 9.93. The minimum atomic E-state index is -0.878. The first-order valence-corrected chi connectivity index (χ1v) is 7.25. The highest BCUT2D eigenvalue weighted by atomic mass is 16.7. The quantitative estimate of drug-likeness (QED) is 0.363. The van der Waals surface area contributed by atoms with Gasteiger partial charge in [-0.05, 0) is 37.5 Å². The molecule has 0 spiro atoms. The van der Waals surface area contributed by atoms with Gasteiger partial charge in [0.2, 0.25) is 0 Å². The predicted molar refractivity (Wildman–Crippen MR) is 79.0 cm³/mol. The number of nitro benzene ring substituents is 1. The first-order chi connectivity index (χ1) is 11.1. The van der Waals surface area contributed by atoms with Gasteiger partial charge in [-0.3, -0.25) is 14.8 Å². The Hall–Kier alpha value is -2.90. The Kier molecular flexibility index (Phi) is 4.22. The van der Waals surface area contributed by atoms with Gasteiger partial charge >= 0.3 is 6.16 Å². The maximum atomic E-state index is 11.6. The van der Waals surface area contributed by atoms with Gasteiger partial charge < -0.3 is 9.47 Å². The van der Waals surface area contributed by atoms with Crippen LogP contribution < -0.4 is 4.74 Å². The molecule has 8 heteroatoms. The average molecular weight is 317 g/mol. The fourth-order valence-corrected chi connectivity index (χ4v) is 2.20. The summed E-state index contributed by atoms with van der Waals surface area (Å²) in [6.45, 7) is 0.0194. The van der Waals surface area contributed by atoms with Gasteiger partial charge in [-0.1, -0.05) is 0 Å². The van der Waals surface area contributed by atoms with E-state index in [2.05, 4.69) is 5.10 Å². The van der Waals surface area contributed by atoms with E-state index in [4.69, 9.17) is 9.47 Å². The molecule has 0 atom stereocenters. The standard InChI is InChI=1S/C15H15N3O5/c19-15(23-14-6-4-13(5-7-14)18(20)21)22-10-11-8-9-17(16-11)12-2-1-3-12/h4-9,12H,1-3,10H2. The molecule has 1 aromatic carbocycles. The molecule has 0 saturated heterocycles. The monoisotopic (exact) mass is 317 g/mol. The number of non-ortho nitro benzene ring substituents is 1. The van der Waals surface area contributed by atoms with Crippen molar-refractivity contribution in [1.29, 1.82) is 0 Å². The van der Waals surface area contributed by atoms with E-state index in [0.717, 1.165) is 12.8 Å². The second-order valence-electron chi connectivity index (χ2n) is 5.26. The molecule has 1 aliphatic carbocycles. The molecule has 0 aliphatic heterocycles. The molecule has 8 nitrogen and oxygen atoms in total. The molecule has 120 valence electrons. The molecule has 3 rings (SSSR count). The third kappa shape index (κ3) is 3.65. The second-order valence-corrected chi connectivity index (χ2v) is 5.26. The van der Waals surface area contributed by atoms with Crippen LogP contribution in [0.1, 0.15) is 31.0 Å². The lowest BCUT2D eigenvalue weighted by Gasteiger charge is -2.25. The van der Waals surface area contributed by atoms with Crippen molar-refractivity contribution in [2.75, 3.05) is 0 Å². The third-order valence-electron chi connectivity index (χ3n) is 3.70. The third-order valence-corrected chi connectivity index (χ3v) is 3.70. The lowest BCUT2D eigenvalue weighted by Crippen LogP contribution is -2.17. The zero-order valence-electron chi connectivity index (χ0n) is 12.3. The number of ether oxygens (including phenoxy) is 2. The van der Waals surface area contributed by atoms with E-state index in [0.29, 0.717) is 11.7 Å². The zero-order valence-corrected chi connectivity index (χ0v) is 12.3. The minimum Gasteiger partial charge on any atom is -0.427 e. The lowest BCUT2D eigenvalue weighted by molar-refractivity contribution is -0.384. The van der Waals surface area contributed by atoms with Crippen LogP contribution in [0.25, 0.3) is 0 Å². The van der Waals surface area contributed by atoms with Crippen molar-refractivity contribution in [2.24, 2.45) is 0 Å². The Bertz CT molecular complexity index is 706. The molecular formula is C15H15N3O5. The summed E-state index contributed by atoms with van der Waals surface area (Å²) in [4.78, 5) is 21.6. The molecule has 0 radical (unpaired) electrons. The number of aromatic nitrogens is 2. The highest BCUT2D eigenvalue weighted by molar-refractivity contribution is 5.63. The smallest absolute Gasteiger partial charge is 0.427 e. The van der Waals surface area contributed by atoms with Gasteiger partial charge in [0.05, 0.1) is 11.0 Å². The number of nitro groups is 1. The molecule has 1 aromatic heterocycles. The van der Waals surface area contributed by atoms with Crippen LogP contribution in [0.4, 0.5) is 10.5 Å². The molecule has 0 bridgehead atoms. The zero-order chi connectivity index (χ0) is 16.2. The highest BCUT2D eigenvalue weighted by Crippen LogP contribution is 2.30. The van der Waals surface area contributed by atoms with Crippen LogP contribution in [0.5, 0.6) is 5.75 Å². The van der Waals surface area contributed by atoms with Crippen molar-refractivity contribution in [1.82, 2.24) is 9.78 Å². The normalized spacial score (nSPS) is 14.1. The Morgan fingerprint density at radius 3 is 2.65 bits per heavy atom. The molecular weight excluding hydrogens is 302 g/mol. The first kappa shape index (κ1) is 15.0. The van der Waals surface area contributed by atoms with Crippen LogP contribution in [0.15, 0.2) is 36.5 Å². The van der Waals surface area contributed by atoms with Crippen LogP contribution in [-0.4, -0.2) is 20.9 Å². The maximum Gasteiger partial charge on any atom is 0.514 e. The number of hydrogen-bond donors (Lipinski definition) is 0. The highest BCUT2D eigenvalue weighted by Gasteiger charge is 2.20. The number of benzene rings is 1. The molecule has 1 saturated carbocycles. The van der Waals surface area contributed by atoms with Gasteiger partial charge in [-0.25, -0.2) is 4.79 Å². The Morgan fingerprint density at radius 2 is 2.04 bits per heavy atom. The molecule has 0 amide bonds. The SMILES string of the molecule is O=C(OCc1ccn(C2CCC2)n1)Oc1ccc([N+](=O)[O-])cc1. The average Bonchev–Trinajstić information content (AvgIpc) is 2.92. The number of nitrogens with zero attached hydrogens (tertiary/aromatic N) is 3. The Labute approximate surface area is 131 Å². The number of hydrogen-bond acceptors (Lipinski definition) is 6. The molecule has 0 N–H and O–H groups in total. The predicted octanol–water partition coefficient (Wildman–Crippen LogP) is 3.23. The van der Waals surface area contributed by atoms with Crippen molar-refractivity contribution in [2.45, 2.75) is 31.9 Å². The summed E-state index contributed by atoms with van der Waals surface area (Å²) in [6.07, 6.45) is 4.48. The van der Waals surface area contributed by atoms with Gasteiger partial charge in [-0.2, -0.15) is 5.10 Å². The van der Waals surface area contributed by atoms with Gasteiger partial charge in [0, 0.05) is 18.3 Å². The van der Waals surface area contributed by atoms with Crippen LogP contribution in [-0.2, 0) is 11.3 Å². The summed E-state index contributed by atoms with van der Waals surface area (Å²) in [7, 11) is 0. The van der Waals surface area contributed by atoms with Crippen LogP contribution in [0.2, 0.25) is 0 Å². The van der Waals surface area contributed by atoms with Crippen LogP contribution in [0.3, 0.4) is 0 Å². The summed E-state index contributed by atoms with van der Waals surface area (Å²) in [6, 6.07) is 7.44. The maximum absolute atomic E-state index is 11.6. The van der Waals surface area contributed by atoms with Gasteiger partial charge in [-0.15, -0.1) is 0 Å². The Balaban J connectivity index is 1.49. The van der Waals surface area contributed by atoms with E-state index >= 15 is 0 Å². The number of carbonyl (C=O) groups is 1. The second kappa shape index (κ2) is 6.47. The molecule has 1 heterocycles. The van der Waals surface area contributed by atoms with Crippen molar-refractivity contribution in [3.63, 3.8) is 0 Å². The molecule has 23 heavy (non-hydrogen) atoms. The fourth-order valence-electron chi connectivity index (χ4n) is 2.20. The van der Waals surface area contributed by atoms with Gasteiger partial charge in [0.25, 0.3) is 5.69 Å². The fraction of sp³-hybridized carbons (Fsp3) is 0.333. The van der Waals surface area contributed by atoms with Gasteiger partial charge in [0.15, 0.2) is 0 Å². The van der Waals surface area contributed by atoms with E-state index in [1.165, 1.54) is 30.7 Å². The van der Waals surface area contributed by atoms with Crippen molar-refractivity contribution in [3.8, 4) is 5.75 Å². The summed E-state index contributed by atoms with van der Waals surface area (Å²) < 4.78 is 11.8. The Morgan fingerprint density at radius 1 is 1.30 bits per heavy atom. The molecule has 1 aliphatic rings.